The summed E-state index contributed by atoms with van der Waals surface area (Å²) in [5.74, 6) is 0.950. The average molecular weight is 255 g/mol. The molecule has 2 unspecified atom stereocenters. The summed E-state index contributed by atoms with van der Waals surface area (Å²) in [5.41, 5.74) is 0. The molecule has 0 aliphatic carbocycles. The molecule has 1 rings (SSSR count). The van der Waals surface area contributed by atoms with Gasteiger partial charge in [-0.3, -0.25) is 9.69 Å². The smallest absolute Gasteiger partial charge is 0.236 e. The molecule has 1 amide bonds. The minimum atomic E-state index is 0.276. The molecular formula is C14H29N3O. The summed E-state index contributed by atoms with van der Waals surface area (Å²) in [6, 6.07) is 0.620. The third kappa shape index (κ3) is 3.95. The summed E-state index contributed by atoms with van der Waals surface area (Å²) < 4.78 is 0. The molecule has 1 saturated heterocycles. The fourth-order valence-electron chi connectivity index (χ4n) is 2.91. The molecule has 4 heteroatoms. The number of nitrogens with zero attached hydrogens (tertiary/aromatic N) is 2. The zero-order valence-electron chi connectivity index (χ0n) is 12.4. The maximum atomic E-state index is 12.1. The molecule has 1 N–H and O–H groups in total. The van der Waals surface area contributed by atoms with Crippen molar-refractivity contribution >= 4 is 5.91 Å². The first-order chi connectivity index (χ1) is 8.65. The van der Waals surface area contributed by atoms with Crippen molar-refractivity contribution in [2.75, 3.05) is 39.8 Å². The minimum absolute atomic E-state index is 0.276. The van der Waals surface area contributed by atoms with Crippen LogP contribution in [-0.4, -0.2) is 61.5 Å². The Morgan fingerprint density at radius 2 is 2.00 bits per heavy atom. The Morgan fingerprint density at radius 3 is 2.50 bits per heavy atom. The zero-order chi connectivity index (χ0) is 13.5. The molecule has 4 nitrogen and oxygen atoms in total. The predicted octanol–water partition coefficient (Wildman–Crippen LogP) is 1.17. The Balaban J connectivity index is 2.47. The van der Waals surface area contributed by atoms with Gasteiger partial charge in [-0.05, 0) is 33.2 Å². The molecule has 2 atom stereocenters. The van der Waals surface area contributed by atoms with Gasteiger partial charge in [-0.1, -0.05) is 13.3 Å². The quantitative estimate of drug-likeness (QED) is 0.774. The third-order valence-electron chi connectivity index (χ3n) is 4.19. The van der Waals surface area contributed by atoms with Crippen molar-refractivity contribution in [3.05, 3.63) is 0 Å². The molecule has 0 saturated carbocycles. The molecule has 106 valence electrons. The van der Waals surface area contributed by atoms with Crippen LogP contribution < -0.4 is 5.32 Å². The lowest BCUT2D eigenvalue weighted by Gasteiger charge is -2.38. The van der Waals surface area contributed by atoms with Crippen molar-refractivity contribution in [2.24, 2.45) is 5.92 Å². The van der Waals surface area contributed by atoms with Gasteiger partial charge in [0, 0.05) is 32.2 Å². The number of nitrogens with one attached hydrogen (secondary N) is 1. The number of amides is 1. The molecule has 0 aromatic heterocycles. The monoisotopic (exact) mass is 255 g/mol. The Morgan fingerprint density at radius 1 is 1.33 bits per heavy atom. The topological polar surface area (TPSA) is 35.6 Å². The number of carbonyl (C=O) groups excluding carboxylic acids is 1. The summed E-state index contributed by atoms with van der Waals surface area (Å²) in [7, 11) is 2.05. The van der Waals surface area contributed by atoms with E-state index >= 15 is 0 Å². The molecule has 0 bridgehead atoms. The fourth-order valence-corrected chi connectivity index (χ4v) is 2.91. The van der Waals surface area contributed by atoms with Crippen LogP contribution in [0.5, 0.6) is 0 Å². The molecule has 0 spiro atoms. The molecule has 1 heterocycles. The van der Waals surface area contributed by atoms with Gasteiger partial charge in [-0.2, -0.15) is 0 Å². The van der Waals surface area contributed by atoms with Gasteiger partial charge in [0.15, 0.2) is 0 Å². The lowest BCUT2D eigenvalue weighted by molar-refractivity contribution is -0.132. The van der Waals surface area contributed by atoms with Crippen LogP contribution in [0.1, 0.15) is 33.6 Å². The van der Waals surface area contributed by atoms with Crippen molar-refractivity contribution in [2.45, 2.75) is 39.7 Å². The van der Waals surface area contributed by atoms with Gasteiger partial charge in [-0.25, -0.2) is 0 Å². The van der Waals surface area contributed by atoms with Gasteiger partial charge in [0.05, 0.1) is 6.54 Å². The van der Waals surface area contributed by atoms with Gasteiger partial charge in [0.1, 0.15) is 0 Å². The molecule has 18 heavy (non-hydrogen) atoms. The molecule has 0 aromatic rings. The molecule has 0 radical (unpaired) electrons. The van der Waals surface area contributed by atoms with E-state index in [9.17, 15) is 4.79 Å². The van der Waals surface area contributed by atoms with Gasteiger partial charge >= 0.3 is 0 Å². The number of carbonyl (C=O) groups is 1. The Kier molecular flexibility index (Phi) is 6.65. The molecule has 1 fully saturated rings. The lowest BCUT2D eigenvalue weighted by atomic mass is 9.90. The van der Waals surface area contributed by atoms with Crippen LogP contribution in [0, 0.1) is 5.92 Å². The second kappa shape index (κ2) is 7.74. The van der Waals surface area contributed by atoms with Crippen LogP contribution in [0.25, 0.3) is 0 Å². The fraction of sp³-hybridized carbons (Fsp3) is 0.929. The maximum absolute atomic E-state index is 12.1. The second-order valence-electron chi connectivity index (χ2n) is 5.15. The highest BCUT2D eigenvalue weighted by atomic mass is 16.2. The van der Waals surface area contributed by atoms with Gasteiger partial charge in [0.2, 0.25) is 5.91 Å². The number of likely N-dealkylation sites (tertiary alicyclic amines) is 1. The molecule has 1 aliphatic rings. The summed E-state index contributed by atoms with van der Waals surface area (Å²) >= 11 is 0. The van der Waals surface area contributed by atoms with Crippen LogP contribution in [0.2, 0.25) is 0 Å². The molecular weight excluding hydrogens is 226 g/mol. The predicted molar refractivity (Wildman–Crippen MR) is 75.6 cm³/mol. The van der Waals surface area contributed by atoms with Crippen molar-refractivity contribution in [1.29, 1.82) is 0 Å². The number of likely N-dealkylation sites (N-methyl/N-ethyl adjacent to an activating group) is 1. The van der Waals surface area contributed by atoms with Crippen LogP contribution in [-0.2, 0) is 4.79 Å². The van der Waals surface area contributed by atoms with Crippen molar-refractivity contribution < 1.29 is 4.79 Å². The highest BCUT2D eigenvalue weighted by Crippen LogP contribution is 2.19. The maximum Gasteiger partial charge on any atom is 0.236 e. The highest BCUT2D eigenvalue weighted by Gasteiger charge is 2.28. The van der Waals surface area contributed by atoms with Gasteiger partial charge in [0.25, 0.3) is 0 Å². The normalized spacial score (nSPS) is 25.1. The summed E-state index contributed by atoms with van der Waals surface area (Å²) in [6.07, 6.45) is 2.34. The zero-order valence-corrected chi connectivity index (χ0v) is 12.4. The van der Waals surface area contributed by atoms with E-state index in [0.29, 0.717) is 18.5 Å². The Labute approximate surface area is 112 Å². The van der Waals surface area contributed by atoms with E-state index in [1.807, 2.05) is 25.8 Å². The summed E-state index contributed by atoms with van der Waals surface area (Å²) in [4.78, 5) is 16.3. The number of hydrogen-bond donors (Lipinski definition) is 1. The van der Waals surface area contributed by atoms with Crippen LogP contribution in [0.3, 0.4) is 0 Å². The average Bonchev–Trinajstić information content (AvgIpc) is 2.40. The van der Waals surface area contributed by atoms with E-state index < -0.39 is 0 Å². The van der Waals surface area contributed by atoms with Crippen molar-refractivity contribution in [3.63, 3.8) is 0 Å². The first-order valence-electron chi connectivity index (χ1n) is 7.33. The van der Waals surface area contributed by atoms with E-state index in [0.717, 1.165) is 32.6 Å². The SMILES string of the molecule is CCC1CN(CC(=O)N(CC)CC)CCC1NC. The summed E-state index contributed by atoms with van der Waals surface area (Å²) in [5, 5.41) is 3.40. The van der Waals surface area contributed by atoms with E-state index in [1.165, 1.54) is 6.42 Å². The first-order valence-corrected chi connectivity index (χ1v) is 7.33. The highest BCUT2D eigenvalue weighted by molar-refractivity contribution is 5.78. The number of piperidine rings is 1. The van der Waals surface area contributed by atoms with E-state index in [-0.39, 0.29) is 5.91 Å². The minimum Gasteiger partial charge on any atom is -0.342 e. The Bertz CT molecular complexity index is 253. The number of hydrogen-bond acceptors (Lipinski definition) is 3. The van der Waals surface area contributed by atoms with Crippen molar-refractivity contribution in [1.82, 2.24) is 15.1 Å². The van der Waals surface area contributed by atoms with E-state index in [2.05, 4.69) is 17.1 Å². The van der Waals surface area contributed by atoms with E-state index in [4.69, 9.17) is 0 Å². The Hall–Kier alpha value is -0.610. The standard InChI is InChI=1S/C14H29N3O/c1-5-12-10-16(9-8-13(12)15-4)11-14(18)17(6-2)7-3/h12-13,15H,5-11H2,1-4H3. The summed E-state index contributed by atoms with van der Waals surface area (Å²) in [6.45, 7) is 10.6. The molecule has 1 aliphatic heterocycles. The number of rotatable bonds is 6. The first kappa shape index (κ1) is 15.4. The van der Waals surface area contributed by atoms with Gasteiger partial charge < -0.3 is 10.2 Å². The van der Waals surface area contributed by atoms with Crippen LogP contribution in [0.15, 0.2) is 0 Å². The molecule has 0 aromatic carbocycles. The lowest BCUT2D eigenvalue weighted by Crippen LogP contribution is -2.51. The van der Waals surface area contributed by atoms with Gasteiger partial charge in [-0.15, -0.1) is 0 Å². The second-order valence-corrected chi connectivity index (χ2v) is 5.15. The van der Waals surface area contributed by atoms with Crippen LogP contribution in [0.4, 0.5) is 0 Å². The largest absolute Gasteiger partial charge is 0.342 e. The van der Waals surface area contributed by atoms with Crippen LogP contribution >= 0.6 is 0 Å². The van der Waals surface area contributed by atoms with E-state index in [1.54, 1.807) is 0 Å². The van der Waals surface area contributed by atoms with Crippen molar-refractivity contribution in [3.8, 4) is 0 Å². The third-order valence-corrected chi connectivity index (χ3v) is 4.19.